The minimum Gasteiger partial charge on any atom is -0.352 e. The molecule has 0 unspecified atom stereocenters. The van der Waals surface area contributed by atoms with Crippen molar-refractivity contribution in [2.24, 2.45) is 0 Å². The van der Waals surface area contributed by atoms with Crippen LogP contribution in [0.15, 0.2) is 29.2 Å². The number of nitrogens with one attached hydrogen (secondary N) is 1. The van der Waals surface area contributed by atoms with Crippen LogP contribution in [0.3, 0.4) is 0 Å². The van der Waals surface area contributed by atoms with Gasteiger partial charge in [-0.05, 0) is 26.3 Å². The zero-order valence-electron chi connectivity index (χ0n) is 15.9. The largest absolute Gasteiger partial charge is 0.352 e. The molecular weight excluding hydrogens is 352 g/mol. The van der Waals surface area contributed by atoms with Crippen molar-refractivity contribution >= 4 is 15.9 Å². The zero-order chi connectivity index (χ0) is 19.5. The smallest absolute Gasteiger partial charge is 0.246 e. The van der Waals surface area contributed by atoms with Gasteiger partial charge in [0.25, 0.3) is 0 Å². The Morgan fingerprint density at radius 1 is 1.15 bits per heavy atom. The van der Waals surface area contributed by atoms with Crippen LogP contribution in [0.25, 0.3) is 0 Å². The molecule has 1 N–H and O–H groups in total. The van der Waals surface area contributed by atoms with Gasteiger partial charge in [0.2, 0.25) is 15.9 Å². The number of amides is 1. The molecule has 1 aromatic heterocycles. The van der Waals surface area contributed by atoms with E-state index >= 15 is 0 Å². The van der Waals surface area contributed by atoms with Gasteiger partial charge in [0.1, 0.15) is 4.90 Å². The minimum absolute atomic E-state index is 0.102. The Balaban J connectivity index is 1.99. The number of rotatable bonds is 7. The van der Waals surface area contributed by atoms with Gasteiger partial charge in [-0.15, -0.1) is 0 Å². The summed E-state index contributed by atoms with van der Waals surface area (Å²) >= 11 is 0. The number of nitrogens with zero attached hydrogens (tertiary/aromatic N) is 3. The summed E-state index contributed by atoms with van der Waals surface area (Å²) in [6.45, 7) is 6.19. The van der Waals surface area contributed by atoms with Crippen molar-refractivity contribution in [3.63, 3.8) is 0 Å². The first-order chi connectivity index (χ1) is 12.1. The van der Waals surface area contributed by atoms with Crippen LogP contribution in [0.1, 0.15) is 28.9 Å². The van der Waals surface area contributed by atoms with E-state index in [9.17, 15) is 13.2 Å². The minimum atomic E-state index is -3.56. The fraction of sp³-hybridized carbons (Fsp3) is 0.444. The van der Waals surface area contributed by atoms with E-state index in [1.54, 1.807) is 18.5 Å². The predicted molar refractivity (Wildman–Crippen MR) is 100 cm³/mol. The molecule has 7 nitrogen and oxygen atoms in total. The van der Waals surface area contributed by atoms with E-state index in [4.69, 9.17) is 0 Å². The highest BCUT2D eigenvalue weighted by atomic mass is 32.2. The van der Waals surface area contributed by atoms with Gasteiger partial charge in [-0.25, -0.2) is 12.7 Å². The summed E-state index contributed by atoms with van der Waals surface area (Å²) in [6, 6.07) is 7.97. The Hall–Kier alpha value is -2.19. The molecule has 0 fully saturated rings. The molecule has 0 atom stereocenters. The Kier molecular flexibility index (Phi) is 6.20. The van der Waals surface area contributed by atoms with Crippen LogP contribution in [-0.4, -0.2) is 42.5 Å². The van der Waals surface area contributed by atoms with Crippen LogP contribution >= 0.6 is 0 Å². The van der Waals surface area contributed by atoms with Crippen LogP contribution in [-0.2, 0) is 27.9 Å². The van der Waals surface area contributed by atoms with Crippen LogP contribution in [0, 0.1) is 20.8 Å². The molecule has 0 saturated carbocycles. The van der Waals surface area contributed by atoms with Crippen molar-refractivity contribution in [3.05, 3.63) is 46.8 Å². The molecule has 0 bridgehead atoms. The second kappa shape index (κ2) is 8.01. The van der Waals surface area contributed by atoms with Crippen molar-refractivity contribution in [2.75, 3.05) is 14.1 Å². The number of aromatic nitrogens is 2. The first-order valence-corrected chi connectivity index (χ1v) is 9.85. The van der Waals surface area contributed by atoms with Gasteiger partial charge in [0.05, 0.1) is 17.9 Å². The number of hydrogen-bond donors (Lipinski definition) is 1. The van der Waals surface area contributed by atoms with E-state index in [0.717, 1.165) is 5.56 Å². The van der Waals surface area contributed by atoms with Crippen molar-refractivity contribution in [1.29, 1.82) is 0 Å². The molecule has 2 aromatic rings. The number of sulfonamides is 1. The molecule has 26 heavy (non-hydrogen) atoms. The molecule has 1 heterocycles. The van der Waals surface area contributed by atoms with Crippen molar-refractivity contribution < 1.29 is 13.2 Å². The predicted octanol–water partition coefficient (Wildman–Crippen LogP) is 1.77. The summed E-state index contributed by atoms with van der Waals surface area (Å²) in [7, 11) is -0.576. The molecule has 142 valence electrons. The highest BCUT2D eigenvalue weighted by molar-refractivity contribution is 7.89. The van der Waals surface area contributed by atoms with Gasteiger partial charge in [-0.2, -0.15) is 5.10 Å². The number of benzene rings is 1. The third-order valence-corrected chi connectivity index (χ3v) is 6.28. The molecule has 2 rings (SSSR count). The Morgan fingerprint density at radius 2 is 1.77 bits per heavy atom. The molecular formula is C18H26N4O3S. The molecule has 0 aliphatic rings. The number of carbonyl (C=O) groups is 1. The lowest BCUT2D eigenvalue weighted by molar-refractivity contribution is -0.121. The SMILES string of the molecule is Cc1ccc(CNC(=O)CCn2nc(C)c(S(=O)(=O)N(C)C)c2C)cc1. The maximum Gasteiger partial charge on any atom is 0.246 e. The molecule has 0 aliphatic carbocycles. The summed E-state index contributed by atoms with van der Waals surface area (Å²) < 4.78 is 27.6. The molecule has 0 spiro atoms. The Bertz CT molecular complexity index is 884. The molecule has 8 heteroatoms. The van der Waals surface area contributed by atoms with Gasteiger partial charge in [-0.3, -0.25) is 9.48 Å². The second-order valence-electron chi connectivity index (χ2n) is 6.52. The zero-order valence-corrected chi connectivity index (χ0v) is 16.7. The van der Waals surface area contributed by atoms with Gasteiger partial charge in [0.15, 0.2) is 0 Å². The second-order valence-corrected chi connectivity index (χ2v) is 8.61. The van der Waals surface area contributed by atoms with E-state index in [2.05, 4.69) is 10.4 Å². The third-order valence-electron chi connectivity index (χ3n) is 4.21. The molecule has 1 amide bonds. The summed E-state index contributed by atoms with van der Waals surface area (Å²) in [4.78, 5) is 12.3. The van der Waals surface area contributed by atoms with Crippen LogP contribution in [0.5, 0.6) is 0 Å². The summed E-state index contributed by atoms with van der Waals surface area (Å²) in [5.74, 6) is -0.102. The summed E-state index contributed by atoms with van der Waals surface area (Å²) in [5, 5.41) is 7.16. The molecule has 1 aromatic carbocycles. The topological polar surface area (TPSA) is 84.3 Å². The molecule has 0 radical (unpaired) electrons. The summed E-state index contributed by atoms with van der Waals surface area (Å²) in [5.41, 5.74) is 3.20. The standard InChI is InChI=1S/C18H26N4O3S/c1-13-6-8-16(9-7-13)12-19-17(23)10-11-22-15(3)18(14(2)20-22)26(24,25)21(4)5/h6-9H,10-12H2,1-5H3,(H,19,23). The van der Waals surface area contributed by atoms with Gasteiger partial charge >= 0.3 is 0 Å². The number of carbonyl (C=O) groups excluding carboxylic acids is 1. The number of aryl methyl sites for hydroxylation is 3. The van der Waals surface area contributed by atoms with Crippen LogP contribution < -0.4 is 5.32 Å². The van der Waals surface area contributed by atoms with E-state index in [1.807, 2.05) is 31.2 Å². The van der Waals surface area contributed by atoms with E-state index in [-0.39, 0.29) is 17.2 Å². The number of hydrogen-bond acceptors (Lipinski definition) is 4. The lowest BCUT2D eigenvalue weighted by Gasteiger charge is -2.12. The van der Waals surface area contributed by atoms with E-state index in [0.29, 0.717) is 24.5 Å². The normalized spacial score (nSPS) is 11.8. The lowest BCUT2D eigenvalue weighted by atomic mass is 10.1. The monoisotopic (exact) mass is 378 g/mol. The quantitative estimate of drug-likeness (QED) is 0.796. The van der Waals surface area contributed by atoms with Crippen molar-refractivity contribution in [2.45, 2.75) is 45.2 Å². The van der Waals surface area contributed by atoms with Gasteiger partial charge < -0.3 is 5.32 Å². The van der Waals surface area contributed by atoms with Gasteiger partial charge in [-0.1, -0.05) is 29.8 Å². The highest BCUT2D eigenvalue weighted by Crippen LogP contribution is 2.22. The highest BCUT2D eigenvalue weighted by Gasteiger charge is 2.26. The van der Waals surface area contributed by atoms with Crippen LogP contribution in [0.2, 0.25) is 0 Å². The first kappa shape index (κ1) is 20.1. The maximum absolute atomic E-state index is 12.4. The fourth-order valence-corrected chi connectivity index (χ4v) is 3.91. The average Bonchev–Trinajstić information content (AvgIpc) is 2.86. The van der Waals surface area contributed by atoms with Crippen LogP contribution in [0.4, 0.5) is 0 Å². The molecule has 0 aliphatic heterocycles. The Morgan fingerprint density at radius 3 is 2.35 bits per heavy atom. The lowest BCUT2D eigenvalue weighted by Crippen LogP contribution is -2.25. The van der Waals surface area contributed by atoms with Crippen molar-refractivity contribution in [3.8, 4) is 0 Å². The first-order valence-electron chi connectivity index (χ1n) is 8.41. The van der Waals surface area contributed by atoms with E-state index in [1.165, 1.54) is 24.0 Å². The maximum atomic E-state index is 12.4. The van der Waals surface area contributed by atoms with Crippen molar-refractivity contribution in [1.82, 2.24) is 19.4 Å². The van der Waals surface area contributed by atoms with E-state index < -0.39 is 10.0 Å². The fourth-order valence-electron chi connectivity index (χ4n) is 2.66. The molecule has 0 saturated heterocycles. The summed E-state index contributed by atoms with van der Waals surface area (Å²) in [6.07, 6.45) is 0.231. The average molecular weight is 378 g/mol. The third kappa shape index (κ3) is 4.50. The Labute approximate surface area is 155 Å². The van der Waals surface area contributed by atoms with Gasteiger partial charge in [0, 0.05) is 27.1 Å².